The number of aliphatic carboxylic acids is 9. The molecule has 3 aliphatic rings. The Morgan fingerprint density at radius 1 is 0.480 bits per heavy atom. The SMILES string of the molecule is O=C([O-])CN(CC(=O)[O-])[C@@H](CCC(=O)N1CCN(C(=O)CCCCCNC(=O)c2ccc(C(=O)O)c(-c3c4cc(F)c(=O)cc-4oc4cc([O-])c(F)cc34)c2)CCN(C(=O)CC[C@@H](C(=O)O)N(CC(=O)[O-])CC(=O)[O-])CCN(C(=O)CC[C@@H](C(=O)O)N(CC(=O)[O-])CC(=O)[O-])CC1)C(=O)O. The molecule has 1 fully saturated rings. The van der Waals surface area contributed by atoms with Crippen LogP contribution in [0.2, 0.25) is 0 Å². The maximum Gasteiger partial charge on any atom is 0.336 e. The summed E-state index contributed by atoms with van der Waals surface area (Å²) in [5.41, 5.74) is -2.83. The first-order chi connectivity index (χ1) is 47.1. The van der Waals surface area contributed by atoms with Gasteiger partial charge in [0.25, 0.3) is 5.91 Å². The highest BCUT2D eigenvalue weighted by molar-refractivity contribution is 6.09. The van der Waals surface area contributed by atoms with E-state index in [4.69, 9.17) is 4.42 Å². The van der Waals surface area contributed by atoms with Gasteiger partial charge in [0.1, 0.15) is 35.3 Å². The summed E-state index contributed by atoms with van der Waals surface area (Å²) in [6, 6.07) is 0.231. The van der Waals surface area contributed by atoms with Crippen molar-refractivity contribution in [1.29, 1.82) is 0 Å². The highest BCUT2D eigenvalue weighted by Gasteiger charge is 2.34. The standard InChI is InChI=1S/C62H72F2N8O28/c63-38-23-36-45(25-43(38)73)100-46-26-44(74)39(64)24-37(46)57(36)35-22-33(5-6-34(35)59(92)93)58(91)65-13-3-1-2-4-47(75)66-14-16-67(48(76)10-7-40(60(94)95)70(27-51(79)80)28-52(81)82)18-20-69(50(78)12-9-42(62(98)99)72(31-55(87)88)32-56(89)90)21-19-68(17-15-66)49(77)11-8-41(61(96)97)71(29-53(83)84)30-54(85)86/h5-6,22-26,40-42,73H,1-4,7-21,27-32H2,(H,65,91)(H,79,80)(H,81,82)(H,83,84)(H,85,86)(H,87,88)(H,89,90)(H,92,93)(H,94,95)(H,96,97)(H,98,99)/p-7/t40-,41-,42-/m0/s1. The van der Waals surface area contributed by atoms with Gasteiger partial charge in [-0.25, -0.2) is 13.6 Å². The van der Waals surface area contributed by atoms with E-state index < -0.39 is 266 Å². The molecule has 0 unspecified atom stereocenters. The van der Waals surface area contributed by atoms with Crippen molar-refractivity contribution < 1.29 is 141 Å². The Morgan fingerprint density at radius 2 is 0.860 bits per heavy atom. The zero-order valence-electron chi connectivity index (χ0n) is 52.9. The lowest BCUT2D eigenvalue weighted by Crippen LogP contribution is -2.53. The number of amides is 5. The Morgan fingerprint density at radius 3 is 1.22 bits per heavy atom. The minimum atomic E-state index is -1.99. The smallest absolute Gasteiger partial charge is 0.336 e. The van der Waals surface area contributed by atoms with E-state index in [-0.39, 0.29) is 71.2 Å². The number of unbranched alkanes of at least 4 members (excludes halogenated alkanes) is 2. The Balaban J connectivity index is 1.44. The molecule has 542 valence electrons. The largest absolute Gasteiger partial charge is 0.870 e. The van der Waals surface area contributed by atoms with Crippen LogP contribution in [0.25, 0.3) is 33.4 Å². The highest BCUT2D eigenvalue weighted by Crippen LogP contribution is 2.43. The third-order valence-corrected chi connectivity index (χ3v) is 16.0. The predicted molar refractivity (Wildman–Crippen MR) is 315 cm³/mol. The quantitative estimate of drug-likeness (QED) is 0.0208. The molecule has 0 saturated carbocycles. The maximum absolute atomic E-state index is 14.9. The van der Waals surface area contributed by atoms with Crippen molar-refractivity contribution in [1.82, 2.24) is 39.6 Å². The molecule has 0 aromatic heterocycles. The highest BCUT2D eigenvalue weighted by atomic mass is 19.1. The number of carbonyl (C=O) groups is 15. The molecule has 36 nitrogen and oxygen atoms in total. The zero-order valence-corrected chi connectivity index (χ0v) is 52.9. The fourth-order valence-corrected chi connectivity index (χ4v) is 11.2. The second kappa shape index (κ2) is 36.9. The molecule has 0 bridgehead atoms. The summed E-state index contributed by atoms with van der Waals surface area (Å²) in [5, 5.41) is 124. The van der Waals surface area contributed by atoms with Crippen molar-refractivity contribution in [2.24, 2.45) is 0 Å². The number of fused-ring (bicyclic) bond motifs is 2. The average molecular weight is 1410 g/mol. The fraction of sp³-hybridized carbons (Fsp3) is 0.452. The number of rotatable bonds is 36. The second-order valence-electron chi connectivity index (χ2n) is 22.8. The van der Waals surface area contributed by atoms with Crippen LogP contribution in [-0.2, 0) is 62.3 Å². The van der Waals surface area contributed by atoms with E-state index in [1.165, 1.54) is 4.90 Å². The van der Waals surface area contributed by atoms with E-state index in [9.17, 15) is 142 Å². The minimum Gasteiger partial charge on any atom is -0.870 e. The molecule has 5 rings (SSSR count). The van der Waals surface area contributed by atoms with Gasteiger partial charge in [-0.05, 0) is 74.1 Å². The number of benzene rings is 3. The number of carbonyl (C=O) groups excluding carboxylic acids is 11. The number of halogens is 2. The van der Waals surface area contributed by atoms with Crippen molar-refractivity contribution in [3.8, 4) is 28.2 Å². The zero-order chi connectivity index (χ0) is 74.4. The number of nitrogens with one attached hydrogen (secondary N) is 1. The lowest BCUT2D eigenvalue weighted by molar-refractivity contribution is -0.313. The van der Waals surface area contributed by atoms with Gasteiger partial charge in [-0.1, -0.05) is 12.2 Å². The molecule has 2 aromatic carbocycles. The van der Waals surface area contributed by atoms with E-state index in [0.29, 0.717) is 14.7 Å². The van der Waals surface area contributed by atoms with Gasteiger partial charge in [0.05, 0.1) is 41.4 Å². The van der Waals surface area contributed by atoms with Gasteiger partial charge in [0.2, 0.25) is 29.1 Å². The van der Waals surface area contributed by atoms with Crippen molar-refractivity contribution in [3.63, 3.8) is 0 Å². The van der Waals surface area contributed by atoms with Crippen LogP contribution in [0.5, 0.6) is 5.75 Å². The molecule has 3 atom stereocenters. The van der Waals surface area contributed by atoms with Gasteiger partial charge < -0.3 is 114 Å². The van der Waals surface area contributed by atoms with Crippen LogP contribution >= 0.6 is 0 Å². The number of nitrogens with zero attached hydrogens (tertiary/aromatic N) is 7. The lowest BCUT2D eigenvalue weighted by Gasteiger charge is -2.36. The van der Waals surface area contributed by atoms with Gasteiger partial charge in [0, 0.05) is 152 Å². The molecule has 0 radical (unpaired) electrons. The second-order valence-corrected chi connectivity index (χ2v) is 22.8. The van der Waals surface area contributed by atoms with E-state index >= 15 is 0 Å². The molecule has 100 heavy (non-hydrogen) atoms. The molecule has 1 saturated heterocycles. The van der Waals surface area contributed by atoms with Crippen molar-refractivity contribution in [2.75, 3.05) is 98.2 Å². The molecule has 0 spiro atoms. The normalized spacial score (nSPS) is 14.0. The third kappa shape index (κ3) is 23.2. The average Bonchev–Trinajstić information content (AvgIpc) is 0.741. The maximum atomic E-state index is 14.9. The summed E-state index contributed by atoms with van der Waals surface area (Å²) in [4.78, 5) is 208. The summed E-state index contributed by atoms with van der Waals surface area (Å²) in [5.74, 6) is -26.8. The molecular weight excluding hydrogens is 1340 g/mol. The molecule has 2 aliphatic heterocycles. The first-order valence-corrected chi connectivity index (χ1v) is 30.5. The van der Waals surface area contributed by atoms with Gasteiger partial charge in [-0.2, -0.15) is 0 Å². The Hall–Kier alpha value is -11.3. The van der Waals surface area contributed by atoms with E-state index in [1.54, 1.807) is 0 Å². The Bertz CT molecular complexity index is 3690. The summed E-state index contributed by atoms with van der Waals surface area (Å²) < 4.78 is 35.3. The minimum absolute atomic E-state index is 0.0595. The molecule has 38 heteroatoms. The number of hydrogen-bond donors (Lipinski definition) is 5. The lowest BCUT2D eigenvalue weighted by atomic mass is 9.89. The fourth-order valence-electron chi connectivity index (χ4n) is 11.2. The predicted octanol–water partition coefficient (Wildman–Crippen LogP) is -8.66. The number of carboxylic acid groups (broad SMARTS) is 10. The molecule has 2 aromatic rings. The number of aromatic carboxylic acids is 1. The topological polar surface area (TPSA) is 563 Å². The van der Waals surface area contributed by atoms with Crippen LogP contribution < -0.4 is 46.5 Å². The van der Waals surface area contributed by atoms with E-state index in [1.807, 2.05) is 0 Å². The molecular formula is C62H65F2N8O28-7. The van der Waals surface area contributed by atoms with Crippen LogP contribution in [0.4, 0.5) is 8.78 Å². The summed E-state index contributed by atoms with van der Waals surface area (Å²) in [7, 11) is 0. The van der Waals surface area contributed by atoms with E-state index in [0.717, 1.165) is 57.2 Å². The van der Waals surface area contributed by atoms with Gasteiger partial charge in [-0.15, -0.1) is 0 Å². The van der Waals surface area contributed by atoms with Crippen LogP contribution in [0, 0.1) is 11.6 Å². The van der Waals surface area contributed by atoms with Crippen LogP contribution in [-0.4, -0.2) is 260 Å². The summed E-state index contributed by atoms with van der Waals surface area (Å²) >= 11 is 0. The molecule has 2 heterocycles. The van der Waals surface area contributed by atoms with E-state index in [2.05, 4.69) is 5.32 Å². The molecule has 5 amide bonds. The van der Waals surface area contributed by atoms with Crippen LogP contribution in [0.1, 0.15) is 84.9 Å². The summed E-state index contributed by atoms with van der Waals surface area (Å²) in [6.07, 6.45) is -4.62. The van der Waals surface area contributed by atoms with Crippen molar-refractivity contribution in [3.05, 3.63) is 75.4 Å². The Labute approximate surface area is 563 Å². The monoisotopic (exact) mass is 1410 g/mol. The number of hydrogen-bond acceptors (Lipinski definition) is 27. The first kappa shape index (κ1) is 79.4. The van der Waals surface area contributed by atoms with Gasteiger partial charge >= 0.3 is 23.9 Å². The van der Waals surface area contributed by atoms with Crippen LogP contribution in [0.3, 0.4) is 0 Å². The third-order valence-electron chi connectivity index (χ3n) is 16.0. The van der Waals surface area contributed by atoms with Crippen LogP contribution in [0.15, 0.2) is 51.7 Å². The number of carboxylic acids is 10. The summed E-state index contributed by atoms with van der Waals surface area (Å²) in [6.45, 7) is -11.7. The van der Waals surface area contributed by atoms with Crippen molar-refractivity contribution in [2.45, 2.75) is 82.3 Å². The Kier molecular flexibility index (Phi) is 29.3. The first-order valence-electron chi connectivity index (χ1n) is 30.5. The van der Waals surface area contributed by atoms with Crippen molar-refractivity contribution >= 4 is 100 Å². The van der Waals surface area contributed by atoms with Gasteiger partial charge in [0.15, 0.2) is 5.82 Å². The molecule has 1 aliphatic carbocycles. The van der Waals surface area contributed by atoms with Gasteiger partial charge in [-0.3, -0.25) is 57.9 Å². The molecule has 5 N–H and O–H groups in total.